The van der Waals surface area contributed by atoms with Crippen molar-refractivity contribution in [3.63, 3.8) is 0 Å². The van der Waals surface area contributed by atoms with Crippen molar-refractivity contribution in [3.05, 3.63) is 46.7 Å². The van der Waals surface area contributed by atoms with Crippen LogP contribution in [0.4, 0.5) is 5.69 Å². The topological polar surface area (TPSA) is 96.6 Å². The number of halogens is 1. The Morgan fingerprint density at radius 1 is 1.30 bits per heavy atom. The first kappa shape index (κ1) is 14.4. The maximum Gasteiger partial charge on any atom is 0.371 e. The van der Waals surface area contributed by atoms with Gasteiger partial charge in [0.25, 0.3) is 10.0 Å². The van der Waals surface area contributed by atoms with Crippen molar-refractivity contribution in [3.8, 4) is 0 Å². The molecule has 1 heterocycles. The predicted molar refractivity (Wildman–Crippen MR) is 72.7 cm³/mol. The lowest BCUT2D eigenvalue weighted by Gasteiger charge is -2.09. The molecule has 2 rings (SSSR count). The molecule has 2 aromatic rings. The number of anilines is 1. The largest absolute Gasteiger partial charge is 0.475 e. The number of benzene rings is 1. The Morgan fingerprint density at radius 3 is 2.60 bits per heavy atom. The van der Waals surface area contributed by atoms with Crippen molar-refractivity contribution in [2.24, 2.45) is 0 Å². The molecular formula is C12H10ClNO5S. The molecule has 0 bridgehead atoms. The van der Waals surface area contributed by atoms with Crippen LogP contribution in [0.25, 0.3) is 0 Å². The standard InChI is InChI=1S/C12H10ClNO5S/c1-7-8(13)3-2-4-9(7)14-20(17,18)11-6-5-10(19-11)12(15)16/h2-6,14H,1H3,(H,15,16). The van der Waals surface area contributed by atoms with Crippen LogP contribution in [0.2, 0.25) is 5.02 Å². The van der Waals surface area contributed by atoms with Crippen LogP contribution in [0.3, 0.4) is 0 Å². The van der Waals surface area contributed by atoms with Crippen molar-refractivity contribution >= 4 is 33.3 Å². The molecular weight excluding hydrogens is 306 g/mol. The number of rotatable bonds is 4. The number of nitrogens with one attached hydrogen (secondary N) is 1. The first-order valence-corrected chi connectivity index (χ1v) is 7.28. The maximum absolute atomic E-state index is 12.1. The summed E-state index contributed by atoms with van der Waals surface area (Å²) in [6.45, 7) is 1.66. The van der Waals surface area contributed by atoms with Gasteiger partial charge < -0.3 is 9.52 Å². The van der Waals surface area contributed by atoms with Gasteiger partial charge in [-0.05, 0) is 36.8 Å². The van der Waals surface area contributed by atoms with E-state index in [0.717, 1.165) is 12.1 Å². The molecule has 8 heteroatoms. The van der Waals surface area contributed by atoms with Gasteiger partial charge in [0.1, 0.15) is 0 Å². The minimum absolute atomic E-state index is 0.297. The number of furan rings is 1. The Kier molecular flexibility index (Phi) is 3.74. The number of carboxylic acids is 1. The second-order valence-corrected chi connectivity index (χ2v) is 5.96. The zero-order chi connectivity index (χ0) is 14.9. The third-order valence-electron chi connectivity index (χ3n) is 2.57. The Balaban J connectivity index is 2.35. The molecule has 0 unspecified atom stereocenters. The van der Waals surface area contributed by atoms with E-state index < -0.39 is 26.8 Å². The lowest BCUT2D eigenvalue weighted by Crippen LogP contribution is -2.13. The van der Waals surface area contributed by atoms with E-state index in [1.165, 1.54) is 0 Å². The molecule has 0 fully saturated rings. The highest BCUT2D eigenvalue weighted by atomic mass is 35.5. The number of aromatic carboxylic acids is 1. The number of sulfonamides is 1. The van der Waals surface area contributed by atoms with Crippen molar-refractivity contribution < 1.29 is 22.7 Å². The number of carboxylic acid groups (broad SMARTS) is 1. The van der Waals surface area contributed by atoms with E-state index in [2.05, 4.69) is 4.72 Å². The van der Waals surface area contributed by atoms with Gasteiger partial charge in [0.2, 0.25) is 10.9 Å². The van der Waals surface area contributed by atoms with E-state index in [9.17, 15) is 13.2 Å². The molecule has 6 nitrogen and oxygen atoms in total. The van der Waals surface area contributed by atoms with E-state index in [0.29, 0.717) is 16.3 Å². The van der Waals surface area contributed by atoms with Crippen LogP contribution in [0.1, 0.15) is 16.1 Å². The summed E-state index contributed by atoms with van der Waals surface area (Å²) < 4.78 is 31.2. The van der Waals surface area contributed by atoms with Crippen LogP contribution in [0.5, 0.6) is 0 Å². The van der Waals surface area contributed by atoms with E-state index in [4.69, 9.17) is 21.1 Å². The Morgan fingerprint density at radius 2 is 2.00 bits per heavy atom. The van der Waals surface area contributed by atoms with Gasteiger partial charge in [-0.25, -0.2) is 4.79 Å². The summed E-state index contributed by atoms with van der Waals surface area (Å²) in [6.07, 6.45) is 0. The Labute approximate surface area is 120 Å². The third-order valence-corrected chi connectivity index (χ3v) is 4.22. The minimum atomic E-state index is -4.00. The fraction of sp³-hybridized carbons (Fsp3) is 0.0833. The van der Waals surface area contributed by atoms with Crippen molar-refractivity contribution in [2.45, 2.75) is 12.0 Å². The van der Waals surface area contributed by atoms with Crippen molar-refractivity contribution in [2.75, 3.05) is 4.72 Å². The SMILES string of the molecule is Cc1c(Cl)cccc1NS(=O)(=O)c1ccc(C(=O)O)o1. The van der Waals surface area contributed by atoms with Crippen molar-refractivity contribution in [1.82, 2.24) is 0 Å². The molecule has 0 amide bonds. The number of hydrogen-bond acceptors (Lipinski definition) is 4. The van der Waals surface area contributed by atoms with Gasteiger partial charge in [-0.15, -0.1) is 0 Å². The fourth-order valence-electron chi connectivity index (χ4n) is 1.49. The molecule has 0 aliphatic carbocycles. The predicted octanol–water partition coefficient (Wildman–Crippen LogP) is 2.74. The van der Waals surface area contributed by atoms with Gasteiger partial charge >= 0.3 is 5.97 Å². The zero-order valence-corrected chi connectivity index (χ0v) is 11.8. The molecule has 0 radical (unpaired) electrons. The quantitative estimate of drug-likeness (QED) is 0.904. The molecule has 20 heavy (non-hydrogen) atoms. The third kappa shape index (κ3) is 2.78. The van der Waals surface area contributed by atoms with Gasteiger partial charge in [0, 0.05) is 5.02 Å². The summed E-state index contributed by atoms with van der Waals surface area (Å²) >= 11 is 5.90. The van der Waals surface area contributed by atoms with Crippen LogP contribution in [-0.4, -0.2) is 19.5 Å². The van der Waals surface area contributed by atoms with Gasteiger partial charge in [-0.1, -0.05) is 17.7 Å². The van der Waals surface area contributed by atoms with E-state index in [1.807, 2.05) is 0 Å². The van der Waals surface area contributed by atoms with Crippen molar-refractivity contribution in [1.29, 1.82) is 0 Å². The summed E-state index contributed by atoms with van der Waals surface area (Å²) in [6, 6.07) is 6.91. The Hall–Kier alpha value is -1.99. The lowest BCUT2D eigenvalue weighted by atomic mass is 10.2. The van der Waals surface area contributed by atoms with Crippen LogP contribution in [0, 0.1) is 6.92 Å². The monoisotopic (exact) mass is 315 g/mol. The molecule has 2 N–H and O–H groups in total. The second kappa shape index (κ2) is 5.18. The number of hydrogen-bond donors (Lipinski definition) is 2. The van der Waals surface area contributed by atoms with Gasteiger partial charge in [-0.3, -0.25) is 4.72 Å². The first-order valence-electron chi connectivity index (χ1n) is 5.42. The summed E-state index contributed by atoms with van der Waals surface area (Å²) in [7, 11) is -4.00. The smallest absolute Gasteiger partial charge is 0.371 e. The number of carbonyl (C=O) groups is 1. The molecule has 0 aliphatic rings. The van der Waals surface area contributed by atoms with E-state index in [-0.39, 0.29) is 0 Å². The molecule has 0 aliphatic heterocycles. The summed E-state index contributed by atoms with van der Waals surface area (Å²) in [5.74, 6) is -1.79. The molecule has 0 saturated carbocycles. The molecule has 1 aromatic heterocycles. The van der Waals surface area contributed by atoms with E-state index in [1.54, 1.807) is 25.1 Å². The van der Waals surface area contributed by atoms with Gasteiger partial charge in [-0.2, -0.15) is 8.42 Å². The first-order chi connectivity index (χ1) is 9.31. The van der Waals surface area contributed by atoms with Crippen LogP contribution in [0.15, 0.2) is 39.8 Å². The Bertz CT molecular complexity index is 766. The van der Waals surface area contributed by atoms with Crippen LogP contribution in [-0.2, 0) is 10.0 Å². The van der Waals surface area contributed by atoms with Crippen LogP contribution >= 0.6 is 11.6 Å². The molecule has 0 atom stereocenters. The second-order valence-electron chi connectivity index (χ2n) is 3.94. The average Bonchev–Trinajstić information content (AvgIpc) is 2.85. The molecule has 106 valence electrons. The molecule has 0 spiro atoms. The van der Waals surface area contributed by atoms with Gasteiger partial charge in [0.15, 0.2) is 0 Å². The van der Waals surface area contributed by atoms with Crippen LogP contribution < -0.4 is 4.72 Å². The normalized spacial score (nSPS) is 11.3. The molecule has 0 saturated heterocycles. The van der Waals surface area contributed by atoms with Gasteiger partial charge in [0.05, 0.1) is 5.69 Å². The average molecular weight is 316 g/mol. The van der Waals surface area contributed by atoms with E-state index >= 15 is 0 Å². The summed E-state index contributed by atoms with van der Waals surface area (Å²) in [5.41, 5.74) is 0.855. The minimum Gasteiger partial charge on any atom is -0.475 e. The molecule has 1 aromatic carbocycles. The summed E-state index contributed by atoms with van der Waals surface area (Å²) in [5, 5.41) is 8.64. The maximum atomic E-state index is 12.1. The highest BCUT2D eigenvalue weighted by Crippen LogP contribution is 2.26. The fourth-order valence-corrected chi connectivity index (χ4v) is 2.73. The zero-order valence-electron chi connectivity index (χ0n) is 10.3. The highest BCUT2D eigenvalue weighted by molar-refractivity contribution is 7.92. The lowest BCUT2D eigenvalue weighted by molar-refractivity contribution is 0.0656. The summed E-state index contributed by atoms with van der Waals surface area (Å²) in [4.78, 5) is 10.7. The highest BCUT2D eigenvalue weighted by Gasteiger charge is 2.21.